The second-order valence-corrected chi connectivity index (χ2v) is 6.33. The number of hydrogen-bond acceptors (Lipinski definition) is 4. The molecule has 2 fully saturated rings. The van der Waals surface area contributed by atoms with E-state index < -0.39 is 0 Å². The normalized spacial score (nSPS) is 31.1. The van der Waals surface area contributed by atoms with Gasteiger partial charge in [-0.15, -0.1) is 0 Å². The summed E-state index contributed by atoms with van der Waals surface area (Å²) in [6, 6.07) is 1.05. The second-order valence-electron chi connectivity index (χ2n) is 6.33. The Morgan fingerprint density at radius 2 is 2.16 bits per heavy atom. The molecule has 3 atom stereocenters. The fourth-order valence-electron chi connectivity index (χ4n) is 3.74. The van der Waals surface area contributed by atoms with E-state index in [2.05, 4.69) is 29.1 Å². The van der Waals surface area contributed by atoms with Crippen molar-refractivity contribution < 1.29 is 5.11 Å². The van der Waals surface area contributed by atoms with Crippen molar-refractivity contribution in [2.45, 2.75) is 44.7 Å². The van der Waals surface area contributed by atoms with Crippen molar-refractivity contribution in [3.05, 3.63) is 0 Å². The molecule has 0 amide bonds. The Labute approximate surface area is 118 Å². The highest BCUT2D eigenvalue weighted by atomic mass is 16.3. The van der Waals surface area contributed by atoms with Gasteiger partial charge in [0.05, 0.1) is 6.61 Å². The third-order valence-electron chi connectivity index (χ3n) is 4.81. The summed E-state index contributed by atoms with van der Waals surface area (Å²) in [4.78, 5) is 5.12. The third-order valence-corrected chi connectivity index (χ3v) is 4.81. The highest BCUT2D eigenvalue weighted by Crippen LogP contribution is 2.29. The van der Waals surface area contributed by atoms with Crippen LogP contribution in [0.25, 0.3) is 0 Å². The molecule has 0 aromatic rings. The lowest BCUT2D eigenvalue weighted by Gasteiger charge is -2.46. The van der Waals surface area contributed by atoms with E-state index in [1.807, 2.05) is 0 Å². The predicted molar refractivity (Wildman–Crippen MR) is 79.4 cm³/mol. The van der Waals surface area contributed by atoms with Crippen LogP contribution in [0.3, 0.4) is 0 Å². The van der Waals surface area contributed by atoms with Gasteiger partial charge in [0.15, 0.2) is 0 Å². The first-order chi connectivity index (χ1) is 9.24. The van der Waals surface area contributed by atoms with Gasteiger partial charge in [-0.1, -0.05) is 6.92 Å². The zero-order valence-corrected chi connectivity index (χ0v) is 12.6. The first-order valence-corrected chi connectivity index (χ1v) is 8.01. The van der Waals surface area contributed by atoms with Crippen molar-refractivity contribution in [2.24, 2.45) is 5.92 Å². The Morgan fingerprint density at radius 1 is 1.32 bits per heavy atom. The maximum Gasteiger partial charge on any atom is 0.0597 e. The van der Waals surface area contributed by atoms with Crippen molar-refractivity contribution >= 4 is 0 Å². The monoisotopic (exact) mass is 269 g/mol. The lowest BCUT2D eigenvalue weighted by Crippen LogP contribution is -2.55. The van der Waals surface area contributed by atoms with Crippen LogP contribution in [-0.2, 0) is 0 Å². The van der Waals surface area contributed by atoms with Gasteiger partial charge in [0, 0.05) is 25.2 Å². The van der Waals surface area contributed by atoms with Gasteiger partial charge in [0.1, 0.15) is 0 Å². The molecule has 2 N–H and O–H groups in total. The molecule has 2 rings (SSSR count). The van der Waals surface area contributed by atoms with Crippen LogP contribution in [0.15, 0.2) is 0 Å². The van der Waals surface area contributed by atoms with Gasteiger partial charge in [-0.25, -0.2) is 0 Å². The Balaban J connectivity index is 1.79. The van der Waals surface area contributed by atoms with Crippen LogP contribution >= 0.6 is 0 Å². The Kier molecular flexibility index (Phi) is 6.07. The summed E-state index contributed by atoms with van der Waals surface area (Å²) in [5, 5.41) is 12.9. The van der Waals surface area contributed by atoms with Crippen LogP contribution in [0.2, 0.25) is 0 Å². The Hall–Kier alpha value is -0.160. The summed E-state index contributed by atoms with van der Waals surface area (Å²) in [6.07, 6.45) is 5.17. The van der Waals surface area contributed by atoms with Gasteiger partial charge >= 0.3 is 0 Å². The van der Waals surface area contributed by atoms with Crippen LogP contribution in [0.5, 0.6) is 0 Å². The van der Waals surface area contributed by atoms with Gasteiger partial charge in [0.25, 0.3) is 0 Å². The number of nitrogens with one attached hydrogen (secondary N) is 1. The minimum absolute atomic E-state index is 0.248. The Bertz CT molecular complexity index is 262. The van der Waals surface area contributed by atoms with Gasteiger partial charge in [0.2, 0.25) is 0 Å². The molecular formula is C15H31N3O. The molecule has 112 valence electrons. The number of fused-ring (bicyclic) bond motifs is 1. The molecule has 4 heteroatoms. The molecule has 4 nitrogen and oxygen atoms in total. The van der Waals surface area contributed by atoms with Gasteiger partial charge in [-0.2, -0.15) is 0 Å². The highest BCUT2D eigenvalue weighted by Gasteiger charge is 2.34. The minimum Gasteiger partial charge on any atom is -0.395 e. The quantitative estimate of drug-likeness (QED) is 0.747. The largest absolute Gasteiger partial charge is 0.395 e. The van der Waals surface area contributed by atoms with E-state index in [9.17, 15) is 5.11 Å². The number of nitrogens with zero attached hydrogens (tertiary/aromatic N) is 2. The average molecular weight is 269 g/mol. The highest BCUT2D eigenvalue weighted by molar-refractivity contribution is 4.90. The zero-order valence-electron chi connectivity index (χ0n) is 12.6. The molecule has 2 saturated heterocycles. The summed E-state index contributed by atoms with van der Waals surface area (Å²) in [5.41, 5.74) is 0. The number of aliphatic hydroxyl groups is 1. The lowest BCUT2D eigenvalue weighted by molar-refractivity contribution is 0.0317. The number of aliphatic hydroxyl groups excluding tert-OH is 1. The molecular weight excluding hydrogens is 238 g/mol. The molecule has 0 aromatic carbocycles. The van der Waals surface area contributed by atoms with E-state index in [0.717, 1.165) is 31.5 Å². The minimum atomic E-state index is 0.248. The second kappa shape index (κ2) is 7.58. The molecule has 0 saturated carbocycles. The fourth-order valence-corrected chi connectivity index (χ4v) is 3.74. The van der Waals surface area contributed by atoms with Crippen LogP contribution in [0, 0.1) is 5.92 Å². The van der Waals surface area contributed by atoms with E-state index in [1.165, 1.54) is 38.9 Å². The third kappa shape index (κ3) is 4.15. The standard InChI is InChI=1S/C15H31N3O/c1-3-7-16-14(12-19)11-18-9-6-15-13(10-18)5-4-8-17(15)2/h13-16,19H,3-12H2,1-2H3. The fraction of sp³-hybridized carbons (Fsp3) is 1.00. The summed E-state index contributed by atoms with van der Waals surface area (Å²) < 4.78 is 0. The summed E-state index contributed by atoms with van der Waals surface area (Å²) in [6.45, 7) is 8.13. The molecule has 3 unspecified atom stereocenters. The van der Waals surface area contributed by atoms with E-state index in [0.29, 0.717) is 0 Å². The van der Waals surface area contributed by atoms with Crippen LogP contribution < -0.4 is 5.32 Å². The topological polar surface area (TPSA) is 38.7 Å². The van der Waals surface area contributed by atoms with Gasteiger partial charge in [-0.3, -0.25) is 0 Å². The molecule has 0 bridgehead atoms. The summed E-state index contributed by atoms with van der Waals surface area (Å²) in [7, 11) is 2.28. The molecule has 0 radical (unpaired) electrons. The molecule has 0 aromatic heterocycles. The van der Waals surface area contributed by atoms with Crippen LogP contribution in [-0.4, -0.2) is 73.4 Å². The first kappa shape index (κ1) is 15.2. The number of piperidine rings is 2. The number of likely N-dealkylation sites (tertiary alicyclic amines) is 2. The van der Waals surface area contributed by atoms with Gasteiger partial charge < -0.3 is 20.2 Å². The molecule has 19 heavy (non-hydrogen) atoms. The SMILES string of the molecule is CCCNC(CO)CN1CCC2C(CCCN2C)C1. The van der Waals surface area contributed by atoms with Crippen molar-refractivity contribution in [3.8, 4) is 0 Å². The predicted octanol–water partition coefficient (Wildman–Crippen LogP) is 0.763. The van der Waals surface area contributed by atoms with E-state index in [-0.39, 0.29) is 12.6 Å². The van der Waals surface area contributed by atoms with Crippen molar-refractivity contribution in [1.29, 1.82) is 0 Å². The molecule has 2 aliphatic rings. The maximum absolute atomic E-state index is 9.46. The molecule has 2 heterocycles. The van der Waals surface area contributed by atoms with Gasteiger partial charge in [-0.05, 0) is 58.3 Å². The Morgan fingerprint density at radius 3 is 2.89 bits per heavy atom. The van der Waals surface area contributed by atoms with E-state index >= 15 is 0 Å². The van der Waals surface area contributed by atoms with Crippen molar-refractivity contribution in [3.63, 3.8) is 0 Å². The number of rotatable bonds is 6. The molecule has 0 aliphatic carbocycles. The molecule has 2 aliphatic heterocycles. The first-order valence-electron chi connectivity index (χ1n) is 8.01. The van der Waals surface area contributed by atoms with Crippen LogP contribution in [0.1, 0.15) is 32.6 Å². The average Bonchev–Trinajstić information content (AvgIpc) is 2.43. The van der Waals surface area contributed by atoms with Crippen molar-refractivity contribution in [1.82, 2.24) is 15.1 Å². The van der Waals surface area contributed by atoms with Crippen molar-refractivity contribution in [2.75, 3.05) is 46.4 Å². The van der Waals surface area contributed by atoms with Crippen LogP contribution in [0.4, 0.5) is 0 Å². The lowest BCUT2D eigenvalue weighted by atomic mass is 9.84. The summed E-state index contributed by atoms with van der Waals surface area (Å²) in [5.74, 6) is 0.845. The number of hydrogen-bond donors (Lipinski definition) is 2. The zero-order chi connectivity index (χ0) is 13.7. The smallest absolute Gasteiger partial charge is 0.0597 e. The summed E-state index contributed by atoms with van der Waals surface area (Å²) >= 11 is 0. The van der Waals surface area contributed by atoms with E-state index in [4.69, 9.17) is 0 Å². The van der Waals surface area contributed by atoms with E-state index in [1.54, 1.807) is 0 Å². The maximum atomic E-state index is 9.46. The molecule has 0 spiro atoms.